The van der Waals surface area contributed by atoms with Crippen LogP contribution in [-0.4, -0.2) is 9.13 Å². The van der Waals surface area contributed by atoms with Crippen molar-refractivity contribution in [3.63, 3.8) is 0 Å². The van der Waals surface area contributed by atoms with E-state index in [4.69, 9.17) is 0 Å². The topological polar surface area (TPSA) is 16.3 Å². The van der Waals surface area contributed by atoms with Crippen molar-refractivity contribution in [2.45, 2.75) is 0 Å². The van der Waals surface area contributed by atoms with Crippen LogP contribution >= 0.6 is 0 Å². The first-order chi connectivity index (χ1) is 34.6. The molecule has 0 aliphatic heterocycles. The molecule has 2 aromatic heterocycles. The summed E-state index contributed by atoms with van der Waals surface area (Å²) in [5, 5.41) is 9.63. The molecule has 0 saturated heterocycles. The Labute approximate surface area is 406 Å². The number of rotatable bonds is 10. The van der Waals surface area contributed by atoms with Crippen LogP contribution in [-0.2, 0) is 0 Å². The lowest BCUT2D eigenvalue weighted by Gasteiger charge is -2.27. The Hall–Kier alpha value is -9.38. The van der Waals surface area contributed by atoms with Crippen molar-refractivity contribution >= 4 is 111 Å². The van der Waals surface area contributed by atoms with Gasteiger partial charge in [-0.2, -0.15) is 0 Å². The Kier molecular flexibility index (Phi) is 9.77. The van der Waals surface area contributed by atoms with E-state index in [9.17, 15) is 0 Å². The zero-order valence-corrected chi connectivity index (χ0v) is 38.5. The average molecular weight is 895 g/mol. The van der Waals surface area contributed by atoms with Gasteiger partial charge in [-0.1, -0.05) is 147 Å². The van der Waals surface area contributed by atoms with Gasteiger partial charge in [-0.25, -0.2) is 0 Å². The number of nitrogens with zero attached hydrogens (tertiary/aromatic N) is 4. The first kappa shape index (κ1) is 40.9. The Bertz CT molecular complexity index is 3870. The van der Waals surface area contributed by atoms with Gasteiger partial charge in [-0.05, 0) is 154 Å². The van der Waals surface area contributed by atoms with Gasteiger partial charge in [0.25, 0.3) is 0 Å². The van der Waals surface area contributed by atoms with Gasteiger partial charge >= 0.3 is 0 Å². The minimum Gasteiger partial charge on any atom is -0.310 e. The number of para-hydroxylation sites is 4. The highest BCUT2D eigenvalue weighted by Gasteiger charge is 2.20. The molecule has 4 nitrogen and oxygen atoms in total. The highest BCUT2D eigenvalue weighted by Crippen LogP contribution is 2.44. The molecule has 0 fully saturated rings. The van der Waals surface area contributed by atoms with Crippen LogP contribution in [0.5, 0.6) is 0 Å². The van der Waals surface area contributed by atoms with Gasteiger partial charge in [0.15, 0.2) is 0 Å². The summed E-state index contributed by atoms with van der Waals surface area (Å²) in [6.07, 6.45) is 3.78. The number of hydrogen-bond donors (Lipinski definition) is 0. The second-order valence-electron chi connectivity index (χ2n) is 17.9. The van der Waals surface area contributed by atoms with Crippen LogP contribution in [0.1, 0.15) is 11.1 Å². The van der Waals surface area contributed by atoms with E-state index in [0.29, 0.717) is 0 Å². The maximum Gasteiger partial charge on any atom is 0.0542 e. The summed E-state index contributed by atoms with van der Waals surface area (Å²) in [4.78, 5) is 4.75. The van der Waals surface area contributed by atoms with Crippen LogP contribution in [0.25, 0.3) is 88.7 Å². The van der Waals surface area contributed by atoms with E-state index in [1.54, 1.807) is 0 Å². The summed E-state index contributed by atoms with van der Waals surface area (Å²) in [7, 11) is 0. The van der Waals surface area contributed by atoms with E-state index < -0.39 is 0 Å². The average Bonchev–Trinajstić information content (AvgIpc) is 3.94. The molecule has 0 N–H and O–H groups in total. The van der Waals surface area contributed by atoms with E-state index in [1.807, 2.05) is 12.2 Å². The molecular weight excluding hydrogens is 849 g/mol. The van der Waals surface area contributed by atoms with Crippen LogP contribution in [0, 0.1) is 0 Å². The normalized spacial score (nSPS) is 11.5. The zero-order valence-electron chi connectivity index (χ0n) is 38.5. The SMILES string of the molecule is C=Cc1ccc(-n2c3ccccc3c3cc(N(c4ccccc4)c4ccc5c(ccc6cc(N(c7ccccc7)c7ccc8c(c7)c7ccccc7n8-c7ccc(C=C)cc7)ccc65)c4)ccc32)cc1. The molecule has 0 bridgehead atoms. The van der Waals surface area contributed by atoms with Crippen LogP contribution in [0.4, 0.5) is 34.1 Å². The summed E-state index contributed by atoms with van der Waals surface area (Å²) in [5.41, 5.74) is 15.7. The Morgan fingerprint density at radius 2 is 0.629 bits per heavy atom. The molecule has 330 valence electrons. The predicted octanol–water partition coefficient (Wildman–Crippen LogP) is 18.4. The fourth-order valence-corrected chi connectivity index (χ4v) is 10.6. The summed E-state index contributed by atoms with van der Waals surface area (Å²) in [6, 6.07) is 88.1. The molecule has 0 aliphatic carbocycles. The second kappa shape index (κ2) is 16.7. The van der Waals surface area contributed by atoms with Gasteiger partial charge in [-0.15, -0.1) is 0 Å². The first-order valence-electron chi connectivity index (χ1n) is 23.8. The van der Waals surface area contributed by atoms with Crippen molar-refractivity contribution in [1.82, 2.24) is 9.13 Å². The lowest BCUT2D eigenvalue weighted by atomic mass is 10.00. The van der Waals surface area contributed by atoms with Crippen molar-refractivity contribution in [3.05, 3.63) is 267 Å². The Balaban J connectivity index is 0.906. The van der Waals surface area contributed by atoms with Gasteiger partial charge in [0.05, 0.1) is 22.1 Å². The third-order valence-corrected chi connectivity index (χ3v) is 14.0. The van der Waals surface area contributed by atoms with E-state index in [0.717, 1.165) is 56.6 Å². The third kappa shape index (κ3) is 6.76. The minimum absolute atomic E-state index is 1.10. The van der Waals surface area contributed by atoms with E-state index in [2.05, 4.69) is 275 Å². The number of hydrogen-bond acceptors (Lipinski definition) is 2. The van der Waals surface area contributed by atoms with E-state index in [-0.39, 0.29) is 0 Å². The van der Waals surface area contributed by atoms with Crippen molar-refractivity contribution in [2.24, 2.45) is 0 Å². The maximum absolute atomic E-state index is 3.97. The molecule has 0 atom stereocenters. The molecule has 13 rings (SSSR count). The Morgan fingerprint density at radius 1 is 0.271 bits per heavy atom. The molecule has 13 aromatic rings. The van der Waals surface area contributed by atoms with Gasteiger partial charge in [-0.3, -0.25) is 0 Å². The monoisotopic (exact) mass is 894 g/mol. The van der Waals surface area contributed by atoms with E-state index >= 15 is 0 Å². The van der Waals surface area contributed by atoms with Crippen LogP contribution in [0.2, 0.25) is 0 Å². The standard InChI is InChI=1S/C66H46N4/c1-3-45-23-29-51(30-24-45)69-63-21-13-11-19-59(63)61-43-55(35-39-65(61)69)67(49-15-7-5-8-16-49)53-33-37-57-47(41-53)27-28-48-42-54(34-38-58(48)57)68(50-17-9-6-10-18-50)56-36-40-66-62(44-56)60-20-12-14-22-64(60)70(66)52-31-25-46(4-2)26-32-52/h3-44H,1-2H2. The van der Waals surface area contributed by atoms with Gasteiger partial charge in [0.1, 0.15) is 0 Å². The van der Waals surface area contributed by atoms with Crippen LogP contribution in [0.15, 0.2) is 256 Å². The zero-order chi connectivity index (χ0) is 46.7. The summed E-state index contributed by atoms with van der Waals surface area (Å²) in [5.74, 6) is 0. The number of benzene rings is 11. The van der Waals surface area contributed by atoms with Crippen molar-refractivity contribution in [3.8, 4) is 11.4 Å². The lowest BCUT2D eigenvalue weighted by Crippen LogP contribution is -2.10. The maximum atomic E-state index is 3.97. The van der Waals surface area contributed by atoms with Gasteiger partial charge < -0.3 is 18.9 Å². The fraction of sp³-hybridized carbons (Fsp3) is 0. The highest BCUT2D eigenvalue weighted by atomic mass is 15.1. The fourth-order valence-electron chi connectivity index (χ4n) is 10.6. The molecule has 0 spiro atoms. The number of aromatic nitrogens is 2. The first-order valence-corrected chi connectivity index (χ1v) is 23.8. The largest absolute Gasteiger partial charge is 0.310 e. The molecule has 2 heterocycles. The van der Waals surface area contributed by atoms with Crippen molar-refractivity contribution in [2.75, 3.05) is 9.80 Å². The quantitative estimate of drug-likeness (QED) is 0.127. The molecule has 0 unspecified atom stereocenters. The molecule has 4 heteroatoms. The van der Waals surface area contributed by atoms with Gasteiger partial charge in [0.2, 0.25) is 0 Å². The van der Waals surface area contributed by atoms with E-state index in [1.165, 1.54) is 65.2 Å². The van der Waals surface area contributed by atoms with Crippen LogP contribution < -0.4 is 9.80 Å². The predicted molar refractivity (Wildman–Crippen MR) is 300 cm³/mol. The van der Waals surface area contributed by atoms with Crippen molar-refractivity contribution < 1.29 is 0 Å². The summed E-state index contributed by atoms with van der Waals surface area (Å²) >= 11 is 0. The number of anilines is 6. The molecule has 0 amide bonds. The highest BCUT2D eigenvalue weighted by molar-refractivity contribution is 6.13. The van der Waals surface area contributed by atoms with Crippen molar-refractivity contribution in [1.29, 1.82) is 0 Å². The van der Waals surface area contributed by atoms with Gasteiger partial charge in [0, 0.05) is 67.0 Å². The second-order valence-corrected chi connectivity index (χ2v) is 17.9. The molecule has 0 radical (unpaired) electrons. The summed E-state index contributed by atoms with van der Waals surface area (Å²) < 4.78 is 4.73. The number of fused-ring (bicyclic) bond motifs is 9. The summed E-state index contributed by atoms with van der Waals surface area (Å²) in [6.45, 7) is 7.93. The lowest BCUT2D eigenvalue weighted by molar-refractivity contribution is 1.18. The Morgan fingerprint density at radius 3 is 1.04 bits per heavy atom. The third-order valence-electron chi connectivity index (χ3n) is 14.0. The molecule has 0 saturated carbocycles. The smallest absolute Gasteiger partial charge is 0.0542 e. The molecular formula is C66H46N4. The minimum atomic E-state index is 1.10. The molecule has 11 aromatic carbocycles. The van der Waals surface area contributed by atoms with Crippen LogP contribution in [0.3, 0.4) is 0 Å². The molecule has 0 aliphatic rings. The molecule has 70 heavy (non-hydrogen) atoms.